The Morgan fingerprint density at radius 3 is 2.11 bits per heavy atom. The van der Waals surface area contributed by atoms with E-state index in [9.17, 15) is 15.3 Å². The van der Waals surface area contributed by atoms with Crippen LogP contribution in [0.25, 0.3) is 11.6 Å². The number of Topliss-reactive ketones (excluding diaryl/α,β-unsaturated/α-hetero) is 1. The van der Waals surface area contributed by atoms with E-state index in [-0.39, 0.29) is 11.4 Å². The average molecular weight is 353 g/mol. The molecule has 4 heteroatoms. The summed E-state index contributed by atoms with van der Waals surface area (Å²) in [5.41, 5.74) is 3.93. The van der Waals surface area contributed by atoms with Gasteiger partial charge in [-0.15, -0.1) is 0 Å². The maximum Gasteiger partial charge on any atom is 0.194 e. The van der Waals surface area contributed by atoms with Crippen LogP contribution in [-0.2, 0) is 0 Å². The van der Waals surface area contributed by atoms with Crippen molar-refractivity contribution in [3.05, 3.63) is 76.4 Å². The molecule has 0 N–H and O–H groups in total. The molecule has 1 aliphatic carbocycles. The highest BCUT2D eigenvalue weighted by Gasteiger charge is 2.32. The highest BCUT2D eigenvalue weighted by Crippen LogP contribution is 2.39. The normalized spacial score (nSPS) is 13.9. The van der Waals surface area contributed by atoms with Gasteiger partial charge < -0.3 is 4.90 Å². The fourth-order valence-corrected chi connectivity index (χ4v) is 3.38. The van der Waals surface area contributed by atoms with E-state index in [0.29, 0.717) is 22.3 Å². The molecule has 0 amide bonds. The molecule has 0 spiro atoms. The van der Waals surface area contributed by atoms with Crippen LogP contribution < -0.4 is 4.90 Å². The van der Waals surface area contributed by atoms with Gasteiger partial charge in [0.2, 0.25) is 0 Å². The lowest BCUT2D eigenvalue weighted by Crippen LogP contribution is -2.21. The van der Waals surface area contributed by atoms with Gasteiger partial charge in [0.15, 0.2) is 5.78 Å². The molecular weight excluding hydrogens is 334 g/mol. The third-order valence-electron chi connectivity index (χ3n) is 4.76. The molecular formula is C23H19N3O. The standard InChI is InChI=1S/C23H19N3O/c1-3-26(4-2)18-11-9-16(10-12-18)13-21-22(17(14-24)15-25)19-7-5-6-8-20(19)23(21)27/h5-13H,3-4H2,1-2H3. The van der Waals surface area contributed by atoms with E-state index in [1.807, 2.05) is 36.4 Å². The van der Waals surface area contributed by atoms with Crippen molar-refractivity contribution >= 4 is 23.1 Å². The Hall–Kier alpha value is -3.63. The minimum absolute atomic E-state index is 0.0423. The number of anilines is 1. The molecule has 0 heterocycles. The quantitative estimate of drug-likeness (QED) is 0.594. The fourth-order valence-electron chi connectivity index (χ4n) is 3.38. The summed E-state index contributed by atoms with van der Waals surface area (Å²) in [4.78, 5) is 15.1. The minimum Gasteiger partial charge on any atom is -0.372 e. The second kappa shape index (κ2) is 7.72. The molecule has 0 unspecified atom stereocenters. The highest BCUT2D eigenvalue weighted by atomic mass is 16.1. The van der Waals surface area contributed by atoms with Crippen molar-refractivity contribution in [3.8, 4) is 12.1 Å². The van der Waals surface area contributed by atoms with Crippen molar-refractivity contribution in [2.24, 2.45) is 0 Å². The van der Waals surface area contributed by atoms with Crippen LogP contribution in [0.1, 0.15) is 35.3 Å². The van der Waals surface area contributed by atoms with E-state index in [1.165, 1.54) is 0 Å². The predicted octanol–water partition coefficient (Wildman–Crippen LogP) is 4.61. The van der Waals surface area contributed by atoms with Crippen LogP contribution in [0.3, 0.4) is 0 Å². The molecule has 4 nitrogen and oxygen atoms in total. The largest absolute Gasteiger partial charge is 0.372 e. The topological polar surface area (TPSA) is 67.9 Å². The number of hydrogen-bond donors (Lipinski definition) is 0. The monoisotopic (exact) mass is 353 g/mol. The van der Waals surface area contributed by atoms with Crippen LogP contribution in [0.5, 0.6) is 0 Å². The molecule has 0 aliphatic heterocycles. The van der Waals surface area contributed by atoms with Gasteiger partial charge in [0.25, 0.3) is 0 Å². The summed E-state index contributed by atoms with van der Waals surface area (Å²) < 4.78 is 0. The molecule has 0 atom stereocenters. The Morgan fingerprint density at radius 2 is 1.56 bits per heavy atom. The zero-order valence-corrected chi connectivity index (χ0v) is 15.4. The molecule has 0 bridgehead atoms. The summed E-state index contributed by atoms with van der Waals surface area (Å²) >= 11 is 0. The average Bonchev–Trinajstić information content (AvgIpc) is 2.98. The summed E-state index contributed by atoms with van der Waals surface area (Å²) in [5.74, 6) is -0.156. The number of nitrogens with zero attached hydrogens (tertiary/aromatic N) is 3. The Bertz CT molecular complexity index is 1010. The van der Waals surface area contributed by atoms with Crippen molar-refractivity contribution in [3.63, 3.8) is 0 Å². The lowest BCUT2D eigenvalue weighted by Gasteiger charge is -2.20. The summed E-state index contributed by atoms with van der Waals surface area (Å²) in [7, 11) is 0. The number of ketones is 1. The van der Waals surface area contributed by atoms with Crippen molar-refractivity contribution < 1.29 is 4.79 Å². The molecule has 1 aliphatic rings. The van der Waals surface area contributed by atoms with Crippen LogP contribution in [0.15, 0.2) is 59.7 Å². The SMILES string of the molecule is CCN(CC)c1ccc(C=C2C(=O)c3ccccc3C2=C(C#N)C#N)cc1. The van der Waals surface area contributed by atoms with E-state index in [0.717, 1.165) is 24.3 Å². The van der Waals surface area contributed by atoms with Gasteiger partial charge in [0, 0.05) is 35.5 Å². The van der Waals surface area contributed by atoms with Gasteiger partial charge in [-0.3, -0.25) is 4.79 Å². The molecule has 0 saturated heterocycles. The van der Waals surface area contributed by atoms with Gasteiger partial charge in [-0.05, 0) is 43.2 Å². The summed E-state index contributed by atoms with van der Waals surface area (Å²) in [6, 6.07) is 18.9. The molecule has 2 aromatic carbocycles. The van der Waals surface area contributed by atoms with E-state index in [1.54, 1.807) is 30.3 Å². The van der Waals surface area contributed by atoms with Gasteiger partial charge in [0.05, 0.1) is 0 Å². The number of carbonyl (C=O) groups excluding carboxylic acids is 1. The molecule has 3 rings (SSSR count). The summed E-state index contributed by atoms with van der Waals surface area (Å²) in [6.07, 6.45) is 1.76. The molecule has 2 aromatic rings. The highest BCUT2D eigenvalue weighted by molar-refractivity contribution is 6.29. The number of fused-ring (bicyclic) bond motifs is 1. The van der Waals surface area contributed by atoms with Crippen molar-refractivity contribution in [1.82, 2.24) is 0 Å². The lowest BCUT2D eigenvalue weighted by atomic mass is 9.98. The number of rotatable bonds is 4. The maximum atomic E-state index is 12.9. The second-order valence-electron chi connectivity index (χ2n) is 6.17. The maximum absolute atomic E-state index is 12.9. The minimum atomic E-state index is -0.156. The molecule has 132 valence electrons. The van der Waals surface area contributed by atoms with Crippen LogP contribution >= 0.6 is 0 Å². The third-order valence-corrected chi connectivity index (χ3v) is 4.76. The second-order valence-corrected chi connectivity index (χ2v) is 6.17. The Balaban J connectivity index is 2.10. The van der Waals surface area contributed by atoms with E-state index in [4.69, 9.17) is 0 Å². The van der Waals surface area contributed by atoms with Gasteiger partial charge in [-0.25, -0.2) is 0 Å². The first-order valence-corrected chi connectivity index (χ1v) is 8.90. The van der Waals surface area contributed by atoms with Crippen LogP contribution in [0.2, 0.25) is 0 Å². The Morgan fingerprint density at radius 1 is 0.963 bits per heavy atom. The first-order chi connectivity index (χ1) is 13.1. The zero-order chi connectivity index (χ0) is 19.4. The molecule has 0 radical (unpaired) electrons. The van der Waals surface area contributed by atoms with Crippen LogP contribution in [0.4, 0.5) is 5.69 Å². The predicted molar refractivity (Wildman–Crippen MR) is 107 cm³/mol. The van der Waals surface area contributed by atoms with Crippen LogP contribution in [-0.4, -0.2) is 18.9 Å². The number of carbonyl (C=O) groups is 1. The Labute approximate surface area is 159 Å². The van der Waals surface area contributed by atoms with Crippen LogP contribution in [0, 0.1) is 22.7 Å². The van der Waals surface area contributed by atoms with E-state index in [2.05, 4.69) is 18.7 Å². The summed E-state index contributed by atoms with van der Waals surface area (Å²) in [5, 5.41) is 18.7. The first kappa shape index (κ1) is 18.2. The van der Waals surface area contributed by atoms with E-state index >= 15 is 0 Å². The number of benzene rings is 2. The zero-order valence-electron chi connectivity index (χ0n) is 15.4. The first-order valence-electron chi connectivity index (χ1n) is 8.90. The molecule has 0 fully saturated rings. The molecule has 0 aromatic heterocycles. The Kier molecular flexibility index (Phi) is 5.20. The molecule has 27 heavy (non-hydrogen) atoms. The van der Waals surface area contributed by atoms with Crippen molar-refractivity contribution in [2.75, 3.05) is 18.0 Å². The van der Waals surface area contributed by atoms with Crippen molar-refractivity contribution in [2.45, 2.75) is 13.8 Å². The summed E-state index contributed by atoms with van der Waals surface area (Å²) in [6.45, 7) is 6.06. The smallest absolute Gasteiger partial charge is 0.194 e. The van der Waals surface area contributed by atoms with Gasteiger partial charge in [0.1, 0.15) is 17.7 Å². The van der Waals surface area contributed by atoms with Gasteiger partial charge in [-0.1, -0.05) is 36.4 Å². The van der Waals surface area contributed by atoms with Gasteiger partial charge >= 0.3 is 0 Å². The van der Waals surface area contributed by atoms with Crippen molar-refractivity contribution in [1.29, 1.82) is 10.5 Å². The number of hydrogen-bond acceptors (Lipinski definition) is 4. The fraction of sp³-hybridized carbons (Fsp3) is 0.174. The van der Waals surface area contributed by atoms with E-state index < -0.39 is 0 Å². The third kappa shape index (κ3) is 3.26. The molecule has 0 saturated carbocycles. The lowest BCUT2D eigenvalue weighted by molar-refractivity contribution is 0.104. The number of nitriles is 2. The number of allylic oxidation sites excluding steroid dienone is 3. The van der Waals surface area contributed by atoms with Gasteiger partial charge in [-0.2, -0.15) is 10.5 Å².